The lowest BCUT2D eigenvalue weighted by molar-refractivity contribution is -0.131. The summed E-state index contributed by atoms with van der Waals surface area (Å²) in [5.74, 6) is -1.79. The van der Waals surface area contributed by atoms with Gasteiger partial charge in [0.2, 0.25) is 0 Å². The summed E-state index contributed by atoms with van der Waals surface area (Å²) >= 11 is 0. The van der Waals surface area contributed by atoms with E-state index in [1.165, 1.54) is 0 Å². The van der Waals surface area contributed by atoms with E-state index in [-0.39, 0.29) is 0 Å². The molecule has 0 fully saturated rings. The predicted molar refractivity (Wildman–Crippen MR) is 83.4 cm³/mol. The molecule has 2 aromatic rings. The first-order chi connectivity index (χ1) is 10.7. The molecule has 0 bridgehead atoms. The molecule has 0 saturated carbocycles. The molecule has 2 aromatic carbocycles. The number of nitrogens with zero attached hydrogens (tertiary/aromatic N) is 1. The van der Waals surface area contributed by atoms with E-state index in [0.29, 0.717) is 5.71 Å². The van der Waals surface area contributed by atoms with Crippen LogP contribution in [0.3, 0.4) is 0 Å². The second-order valence-corrected chi connectivity index (χ2v) is 4.34. The average Bonchev–Trinajstić information content (AvgIpc) is 2.55. The van der Waals surface area contributed by atoms with E-state index in [2.05, 4.69) is 10.5 Å². The van der Waals surface area contributed by atoms with Crippen LogP contribution < -0.4 is 5.43 Å². The van der Waals surface area contributed by atoms with Crippen LogP contribution in [0.1, 0.15) is 11.1 Å². The lowest BCUT2D eigenvalue weighted by Gasteiger charge is -2.07. The molecule has 22 heavy (non-hydrogen) atoms. The number of rotatable bonds is 5. The molecule has 110 valence electrons. The first-order valence-electron chi connectivity index (χ1n) is 6.56. The van der Waals surface area contributed by atoms with Gasteiger partial charge in [0.05, 0.1) is 5.71 Å². The fraction of sp³-hybridized carbons (Fsp3) is 0. The minimum absolute atomic E-state index is 0.596. The van der Waals surface area contributed by atoms with Crippen LogP contribution >= 0.6 is 0 Å². The van der Waals surface area contributed by atoms with E-state index in [1.54, 1.807) is 0 Å². The maximum atomic E-state index is 11.5. The van der Waals surface area contributed by atoms with Crippen LogP contribution in [0.4, 0.5) is 0 Å². The van der Waals surface area contributed by atoms with E-state index in [1.807, 2.05) is 60.7 Å². The van der Waals surface area contributed by atoms with Gasteiger partial charge in [0, 0.05) is 23.3 Å². The Morgan fingerprint density at radius 1 is 0.864 bits per heavy atom. The Labute approximate surface area is 127 Å². The molecule has 0 aliphatic carbocycles. The zero-order valence-electron chi connectivity index (χ0n) is 11.6. The molecule has 5 heteroatoms. The average molecular weight is 294 g/mol. The molecule has 2 rings (SSSR count). The number of hydrazone groups is 1. The minimum Gasteiger partial charge on any atom is -0.478 e. The lowest BCUT2D eigenvalue weighted by atomic mass is 10.0. The van der Waals surface area contributed by atoms with Crippen LogP contribution in [-0.4, -0.2) is 22.7 Å². The van der Waals surface area contributed by atoms with Crippen LogP contribution in [0.15, 0.2) is 77.9 Å². The Balaban J connectivity index is 2.28. The highest BCUT2D eigenvalue weighted by molar-refractivity contribution is 6.13. The van der Waals surface area contributed by atoms with Gasteiger partial charge < -0.3 is 5.11 Å². The van der Waals surface area contributed by atoms with Gasteiger partial charge in [-0.1, -0.05) is 60.7 Å². The molecule has 0 radical (unpaired) electrons. The number of carbonyl (C=O) groups excluding carboxylic acids is 1. The van der Waals surface area contributed by atoms with Gasteiger partial charge in [0.25, 0.3) is 5.91 Å². The van der Waals surface area contributed by atoms with E-state index in [9.17, 15) is 9.59 Å². The van der Waals surface area contributed by atoms with Gasteiger partial charge in [0.15, 0.2) is 0 Å². The fourth-order valence-electron chi connectivity index (χ4n) is 1.78. The van der Waals surface area contributed by atoms with Crippen molar-refractivity contribution < 1.29 is 14.7 Å². The summed E-state index contributed by atoms with van der Waals surface area (Å²) in [5.41, 5.74) is 4.62. The minimum atomic E-state index is -1.19. The van der Waals surface area contributed by atoms with Crippen molar-refractivity contribution in [1.29, 1.82) is 0 Å². The van der Waals surface area contributed by atoms with Gasteiger partial charge in [0.1, 0.15) is 0 Å². The number of carboxylic acid groups (broad SMARTS) is 1. The number of benzene rings is 2. The Morgan fingerprint density at radius 3 is 1.82 bits per heavy atom. The molecule has 1 amide bonds. The summed E-state index contributed by atoms with van der Waals surface area (Å²) in [4.78, 5) is 21.9. The second kappa shape index (κ2) is 7.54. The molecule has 0 aliphatic rings. The Morgan fingerprint density at radius 2 is 1.36 bits per heavy atom. The molecule has 0 aromatic heterocycles. The van der Waals surface area contributed by atoms with Crippen LogP contribution in [0.2, 0.25) is 0 Å². The maximum Gasteiger partial charge on any atom is 0.328 e. The topological polar surface area (TPSA) is 78.8 Å². The van der Waals surface area contributed by atoms with Crippen LogP contribution in [0.5, 0.6) is 0 Å². The molecule has 0 unspecified atom stereocenters. The van der Waals surface area contributed by atoms with Crippen LogP contribution in [0, 0.1) is 0 Å². The van der Waals surface area contributed by atoms with E-state index in [4.69, 9.17) is 5.11 Å². The van der Waals surface area contributed by atoms with Crippen molar-refractivity contribution in [3.63, 3.8) is 0 Å². The van der Waals surface area contributed by atoms with Gasteiger partial charge in [-0.15, -0.1) is 0 Å². The third-order valence-corrected chi connectivity index (χ3v) is 2.75. The first-order valence-corrected chi connectivity index (χ1v) is 6.56. The molecule has 0 heterocycles. The zero-order valence-corrected chi connectivity index (χ0v) is 11.6. The predicted octanol–water partition coefficient (Wildman–Crippen LogP) is 2.20. The SMILES string of the molecule is O=C(O)/C=C/C(=O)NN=C(c1ccccc1)c1ccccc1. The number of amides is 1. The van der Waals surface area contributed by atoms with Crippen LogP contribution in [0.25, 0.3) is 0 Å². The fourth-order valence-corrected chi connectivity index (χ4v) is 1.78. The van der Waals surface area contributed by atoms with Gasteiger partial charge in [-0.2, -0.15) is 5.10 Å². The monoisotopic (exact) mass is 294 g/mol. The Hall–Kier alpha value is -3.21. The van der Waals surface area contributed by atoms with Crippen molar-refractivity contribution in [2.24, 2.45) is 5.10 Å². The zero-order chi connectivity index (χ0) is 15.8. The molecule has 5 nitrogen and oxygen atoms in total. The second-order valence-electron chi connectivity index (χ2n) is 4.34. The van der Waals surface area contributed by atoms with E-state index < -0.39 is 11.9 Å². The molecule has 0 saturated heterocycles. The van der Waals surface area contributed by atoms with Crippen LogP contribution in [-0.2, 0) is 9.59 Å². The smallest absolute Gasteiger partial charge is 0.328 e. The quantitative estimate of drug-likeness (QED) is 0.504. The summed E-state index contributed by atoms with van der Waals surface area (Å²) in [6.07, 6.45) is 1.68. The summed E-state index contributed by atoms with van der Waals surface area (Å²) in [5, 5.41) is 12.6. The number of nitrogens with one attached hydrogen (secondary N) is 1. The van der Waals surface area contributed by atoms with E-state index >= 15 is 0 Å². The summed E-state index contributed by atoms with van der Waals surface area (Å²) < 4.78 is 0. The third-order valence-electron chi connectivity index (χ3n) is 2.75. The lowest BCUT2D eigenvalue weighted by Crippen LogP contribution is -2.18. The van der Waals surface area contributed by atoms with Crippen molar-refractivity contribution in [1.82, 2.24) is 5.43 Å². The maximum absolute atomic E-state index is 11.5. The number of aliphatic carboxylic acids is 1. The Kier molecular flexibility index (Phi) is 5.20. The molecule has 2 N–H and O–H groups in total. The van der Waals surface area contributed by atoms with Gasteiger partial charge in [-0.3, -0.25) is 4.79 Å². The number of carboxylic acids is 1. The third kappa shape index (κ3) is 4.42. The highest BCUT2D eigenvalue weighted by atomic mass is 16.4. The molecule has 0 aliphatic heterocycles. The Bertz CT molecular complexity index is 666. The molecular formula is C17H14N2O3. The number of hydrogen-bond acceptors (Lipinski definition) is 3. The highest BCUT2D eigenvalue weighted by Gasteiger charge is 2.07. The molecule has 0 spiro atoms. The van der Waals surface area contributed by atoms with Crippen molar-refractivity contribution in [3.8, 4) is 0 Å². The van der Waals surface area contributed by atoms with Gasteiger partial charge in [-0.25, -0.2) is 10.2 Å². The van der Waals surface area contributed by atoms with E-state index in [0.717, 1.165) is 23.3 Å². The highest BCUT2D eigenvalue weighted by Crippen LogP contribution is 2.10. The molecule has 0 atom stereocenters. The number of hydrogen-bond donors (Lipinski definition) is 2. The standard InChI is InChI=1S/C17H14N2O3/c20-15(11-12-16(21)22)18-19-17(13-7-3-1-4-8-13)14-9-5-2-6-10-14/h1-12H,(H,18,20)(H,21,22)/b12-11+. The molecular weight excluding hydrogens is 280 g/mol. The summed E-state index contributed by atoms with van der Waals surface area (Å²) in [6.45, 7) is 0. The van der Waals surface area contributed by atoms with Crippen molar-refractivity contribution in [3.05, 3.63) is 83.9 Å². The normalized spacial score (nSPS) is 10.2. The number of carbonyl (C=O) groups is 2. The largest absolute Gasteiger partial charge is 0.478 e. The van der Waals surface area contributed by atoms with Crippen molar-refractivity contribution >= 4 is 17.6 Å². The van der Waals surface area contributed by atoms with Crippen molar-refractivity contribution in [2.75, 3.05) is 0 Å². The van der Waals surface area contributed by atoms with Gasteiger partial charge >= 0.3 is 5.97 Å². The van der Waals surface area contributed by atoms with Gasteiger partial charge in [-0.05, 0) is 0 Å². The summed E-state index contributed by atoms with van der Waals surface area (Å²) in [6, 6.07) is 18.8. The van der Waals surface area contributed by atoms with Crippen molar-refractivity contribution in [2.45, 2.75) is 0 Å². The first kappa shape index (κ1) is 15.2. The summed E-state index contributed by atoms with van der Waals surface area (Å²) in [7, 11) is 0.